The van der Waals surface area contributed by atoms with E-state index < -0.39 is 0 Å². The van der Waals surface area contributed by atoms with Gasteiger partial charge in [0.25, 0.3) is 5.91 Å². The Morgan fingerprint density at radius 2 is 2.20 bits per heavy atom. The van der Waals surface area contributed by atoms with Crippen molar-refractivity contribution >= 4 is 5.91 Å². The highest BCUT2D eigenvalue weighted by Gasteiger charge is 2.19. The monoisotopic (exact) mass is 271 g/mol. The maximum absolute atomic E-state index is 12.2. The molecule has 5 heteroatoms. The van der Waals surface area contributed by atoms with E-state index in [-0.39, 0.29) is 11.9 Å². The fourth-order valence-electron chi connectivity index (χ4n) is 2.27. The molecule has 1 aromatic heterocycles. The highest BCUT2D eigenvalue weighted by atomic mass is 16.5. The second-order valence-electron chi connectivity index (χ2n) is 4.90. The summed E-state index contributed by atoms with van der Waals surface area (Å²) in [6, 6.07) is 11.5. The van der Waals surface area contributed by atoms with Crippen LogP contribution in [0, 0.1) is 0 Å². The van der Waals surface area contributed by atoms with Crippen molar-refractivity contribution in [1.29, 1.82) is 0 Å². The van der Waals surface area contributed by atoms with Crippen molar-refractivity contribution in [1.82, 2.24) is 15.1 Å². The number of benzene rings is 1. The zero-order valence-electron chi connectivity index (χ0n) is 11.4. The molecular formula is C15H17N3O2. The first-order valence-electron chi connectivity index (χ1n) is 6.80. The fourth-order valence-corrected chi connectivity index (χ4v) is 2.27. The quantitative estimate of drug-likeness (QED) is 0.930. The van der Waals surface area contributed by atoms with E-state index in [0.717, 1.165) is 18.5 Å². The van der Waals surface area contributed by atoms with Crippen molar-refractivity contribution in [3.05, 3.63) is 47.7 Å². The molecule has 0 bridgehead atoms. The minimum Gasteiger partial charge on any atom is -0.478 e. The number of rotatable bonds is 3. The number of amides is 1. The van der Waals surface area contributed by atoms with Crippen molar-refractivity contribution in [2.75, 3.05) is 6.61 Å². The molecule has 2 heterocycles. The Kier molecular flexibility index (Phi) is 3.41. The van der Waals surface area contributed by atoms with Gasteiger partial charge in [0.2, 0.25) is 5.88 Å². The summed E-state index contributed by atoms with van der Waals surface area (Å²) in [5, 5.41) is 7.23. The average Bonchev–Trinajstić information content (AvgIpc) is 2.92. The van der Waals surface area contributed by atoms with E-state index in [2.05, 4.69) is 10.4 Å². The Labute approximate surface area is 117 Å². The number of ether oxygens (including phenoxy) is 1. The number of fused-ring (bicyclic) bond motifs is 1. The van der Waals surface area contributed by atoms with Crippen LogP contribution in [0.5, 0.6) is 5.88 Å². The normalized spacial score (nSPS) is 15.1. The summed E-state index contributed by atoms with van der Waals surface area (Å²) >= 11 is 0. The molecule has 1 N–H and O–H groups in total. The van der Waals surface area contributed by atoms with Crippen LogP contribution < -0.4 is 10.1 Å². The summed E-state index contributed by atoms with van der Waals surface area (Å²) in [6.07, 6.45) is 0.927. The Morgan fingerprint density at radius 3 is 2.95 bits per heavy atom. The van der Waals surface area contributed by atoms with Gasteiger partial charge in [-0.25, -0.2) is 4.68 Å². The van der Waals surface area contributed by atoms with Gasteiger partial charge in [0.1, 0.15) is 0 Å². The molecule has 0 radical (unpaired) electrons. The van der Waals surface area contributed by atoms with Crippen LogP contribution in [-0.4, -0.2) is 22.3 Å². The van der Waals surface area contributed by atoms with Crippen molar-refractivity contribution in [2.24, 2.45) is 0 Å². The first kappa shape index (κ1) is 12.7. The third kappa shape index (κ3) is 2.52. The molecule has 5 nitrogen and oxygen atoms in total. The van der Waals surface area contributed by atoms with Crippen LogP contribution in [0.25, 0.3) is 0 Å². The van der Waals surface area contributed by atoms with Gasteiger partial charge < -0.3 is 10.1 Å². The van der Waals surface area contributed by atoms with Gasteiger partial charge in [0.15, 0.2) is 5.69 Å². The summed E-state index contributed by atoms with van der Waals surface area (Å²) in [5.41, 5.74) is 1.48. The van der Waals surface area contributed by atoms with Gasteiger partial charge >= 0.3 is 0 Å². The predicted molar refractivity (Wildman–Crippen MR) is 74.7 cm³/mol. The molecule has 0 saturated carbocycles. The smallest absolute Gasteiger partial charge is 0.272 e. The van der Waals surface area contributed by atoms with Crippen molar-refractivity contribution in [3.8, 4) is 5.88 Å². The summed E-state index contributed by atoms with van der Waals surface area (Å²) in [6.45, 7) is 3.45. The first-order chi connectivity index (χ1) is 9.74. The number of hydrogen-bond acceptors (Lipinski definition) is 3. The Morgan fingerprint density at radius 1 is 1.40 bits per heavy atom. The third-order valence-corrected chi connectivity index (χ3v) is 3.39. The summed E-state index contributed by atoms with van der Waals surface area (Å²) in [7, 11) is 0. The fraction of sp³-hybridized carbons (Fsp3) is 0.333. The number of hydrogen-bond donors (Lipinski definition) is 1. The van der Waals surface area contributed by atoms with Crippen LogP contribution in [0.15, 0.2) is 36.4 Å². The SMILES string of the molecule is CC(NC(=O)c1cc2n(n1)CCCO2)c1ccccc1. The summed E-state index contributed by atoms with van der Waals surface area (Å²) in [4.78, 5) is 12.2. The Bertz CT molecular complexity index is 583. The maximum Gasteiger partial charge on any atom is 0.272 e. The summed E-state index contributed by atoms with van der Waals surface area (Å²) < 4.78 is 7.21. The molecule has 0 spiro atoms. The lowest BCUT2D eigenvalue weighted by Gasteiger charge is -2.13. The van der Waals surface area contributed by atoms with Gasteiger partial charge in [-0.3, -0.25) is 4.79 Å². The third-order valence-electron chi connectivity index (χ3n) is 3.39. The van der Waals surface area contributed by atoms with Gasteiger partial charge in [-0.15, -0.1) is 0 Å². The highest BCUT2D eigenvalue weighted by Crippen LogP contribution is 2.19. The topological polar surface area (TPSA) is 56.2 Å². The molecule has 0 aliphatic carbocycles. The molecule has 3 rings (SSSR count). The van der Waals surface area contributed by atoms with E-state index in [1.165, 1.54) is 0 Å². The van der Waals surface area contributed by atoms with Gasteiger partial charge in [0.05, 0.1) is 12.6 Å². The van der Waals surface area contributed by atoms with Gasteiger partial charge in [-0.05, 0) is 12.5 Å². The van der Waals surface area contributed by atoms with Gasteiger partial charge in [0, 0.05) is 19.0 Å². The van der Waals surface area contributed by atoms with Crippen LogP contribution in [-0.2, 0) is 6.54 Å². The second kappa shape index (κ2) is 5.36. The van der Waals surface area contributed by atoms with Crippen molar-refractivity contribution < 1.29 is 9.53 Å². The molecule has 104 valence electrons. The lowest BCUT2D eigenvalue weighted by atomic mass is 10.1. The maximum atomic E-state index is 12.2. The number of carbonyl (C=O) groups excluding carboxylic acids is 1. The summed E-state index contributed by atoms with van der Waals surface area (Å²) in [5.74, 6) is 0.501. The molecule has 1 atom stereocenters. The number of nitrogens with one attached hydrogen (secondary N) is 1. The Hall–Kier alpha value is -2.30. The van der Waals surface area contributed by atoms with E-state index in [4.69, 9.17) is 4.74 Å². The van der Waals surface area contributed by atoms with Crippen molar-refractivity contribution in [3.63, 3.8) is 0 Å². The zero-order valence-corrected chi connectivity index (χ0v) is 11.4. The molecule has 1 aliphatic heterocycles. The van der Waals surface area contributed by atoms with E-state index >= 15 is 0 Å². The zero-order chi connectivity index (χ0) is 13.9. The lowest BCUT2D eigenvalue weighted by Crippen LogP contribution is -2.27. The van der Waals surface area contributed by atoms with Crippen LogP contribution in [0.1, 0.15) is 35.4 Å². The molecule has 20 heavy (non-hydrogen) atoms. The first-order valence-corrected chi connectivity index (χ1v) is 6.80. The molecule has 1 amide bonds. The van der Waals surface area contributed by atoms with Crippen molar-refractivity contribution in [2.45, 2.75) is 25.9 Å². The molecule has 1 aliphatic rings. The van der Waals surface area contributed by atoms with Crippen LogP contribution >= 0.6 is 0 Å². The molecular weight excluding hydrogens is 254 g/mol. The van der Waals surface area contributed by atoms with Crippen LogP contribution in [0.3, 0.4) is 0 Å². The molecule has 1 unspecified atom stereocenters. The van der Waals surface area contributed by atoms with E-state index in [1.807, 2.05) is 37.3 Å². The Balaban J connectivity index is 1.71. The lowest BCUT2D eigenvalue weighted by molar-refractivity contribution is 0.0934. The van der Waals surface area contributed by atoms with E-state index in [9.17, 15) is 4.79 Å². The standard InChI is InChI=1S/C15H17N3O2/c1-11(12-6-3-2-4-7-12)16-15(19)13-10-14-18(17-13)8-5-9-20-14/h2-4,6-7,10-11H,5,8-9H2,1H3,(H,16,19). The van der Waals surface area contributed by atoms with Gasteiger partial charge in [-0.2, -0.15) is 5.10 Å². The van der Waals surface area contributed by atoms with E-state index in [0.29, 0.717) is 18.2 Å². The van der Waals surface area contributed by atoms with Crippen LogP contribution in [0.2, 0.25) is 0 Å². The number of nitrogens with zero attached hydrogens (tertiary/aromatic N) is 2. The predicted octanol–water partition coefficient (Wildman–Crippen LogP) is 2.16. The van der Waals surface area contributed by atoms with Gasteiger partial charge in [-0.1, -0.05) is 30.3 Å². The molecule has 2 aromatic rings. The van der Waals surface area contributed by atoms with Crippen LogP contribution in [0.4, 0.5) is 0 Å². The minimum absolute atomic E-state index is 0.0525. The highest BCUT2D eigenvalue weighted by molar-refractivity contribution is 5.92. The largest absolute Gasteiger partial charge is 0.478 e. The molecule has 0 fully saturated rings. The minimum atomic E-state index is -0.174. The van der Waals surface area contributed by atoms with E-state index in [1.54, 1.807) is 10.7 Å². The number of aryl methyl sites for hydroxylation is 1. The second-order valence-corrected chi connectivity index (χ2v) is 4.90. The average molecular weight is 271 g/mol. The number of aromatic nitrogens is 2. The molecule has 1 aromatic carbocycles. The molecule has 0 saturated heterocycles. The number of carbonyl (C=O) groups is 1.